The molecular weight excluding hydrogens is 228 g/mol. The highest BCUT2D eigenvalue weighted by molar-refractivity contribution is 6.33. The number of hydrogen-bond donors (Lipinski definition) is 0. The SMILES string of the molecule is O=C(c1ccccc1)C(Cl)CC1OCCO1. The van der Waals surface area contributed by atoms with Crippen LogP contribution in [0.15, 0.2) is 30.3 Å². The van der Waals surface area contributed by atoms with Gasteiger partial charge in [0.2, 0.25) is 0 Å². The van der Waals surface area contributed by atoms with Crippen molar-refractivity contribution in [1.82, 2.24) is 0 Å². The Morgan fingerprint density at radius 1 is 1.31 bits per heavy atom. The molecule has 4 heteroatoms. The molecule has 0 amide bonds. The number of ether oxygens (including phenoxy) is 2. The van der Waals surface area contributed by atoms with Crippen molar-refractivity contribution in [1.29, 1.82) is 0 Å². The van der Waals surface area contributed by atoms with Gasteiger partial charge in [-0.1, -0.05) is 30.3 Å². The zero-order valence-corrected chi connectivity index (χ0v) is 9.52. The van der Waals surface area contributed by atoms with Crippen LogP contribution in [0, 0.1) is 0 Å². The van der Waals surface area contributed by atoms with Gasteiger partial charge in [-0.15, -0.1) is 11.6 Å². The number of ketones is 1. The Morgan fingerprint density at radius 3 is 2.56 bits per heavy atom. The molecule has 2 rings (SSSR count). The van der Waals surface area contributed by atoms with Gasteiger partial charge in [0.05, 0.1) is 13.2 Å². The van der Waals surface area contributed by atoms with Crippen LogP contribution in [0.25, 0.3) is 0 Å². The first kappa shape index (κ1) is 11.6. The van der Waals surface area contributed by atoms with Crippen LogP contribution in [-0.2, 0) is 9.47 Å². The fourth-order valence-corrected chi connectivity index (χ4v) is 1.87. The van der Waals surface area contributed by atoms with E-state index < -0.39 is 5.38 Å². The number of hydrogen-bond acceptors (Lipinski definition) is 3. The van der Waals surface area contributed by atoms with E-state index in [0.29, 0.717) is 25.2 Å². The number of benzene rings is 1. The second-order valence-electron chi connectivity index (χ2n) is 3.60. The molecule has 0 spiro atoms. The molecular formula is C12H13ClO3. The zero-order chi connectivity index (χ0) is 11.4. The quantitative estimate of drug-likeness (QED) is 0.598. The molecule has 3 nitrogen and oxygen atoms in total. The zero-order valence-electron chi connectivity index (χ0n) is 8.77. The lowest BCUT2D eigenvalue weighted by atomic mass is 10.1. The summed E-state index contributed by atoms with van der Waals surface area (Å²) < 4.78 is 10.5. The summed E-state index contributed by atoms with van der Waals surface area (Å²) in [6, 6.07) is 9.02. The lowest BCUT2D eigenvalue weighted by Gasteiger charge is -2.12. The van der Waals surface area contributed by atoms with Crippen LogP contribution >= 0.6 is 11.6 Å². The van der Waals surface area contributed by atoms with Crippen molar-refractivity contribution in [2.24, 2.45) is 0 Å². The van der Waals surface area contributed by atoms with E-state index in [1.165, 1.54) is 0 Å². The van der Waals surface area contributed by atoms with Crippen molar-refractivity contribution >= 4 is 17.4 Å². The molecule has 0 N–H and O–H groups in total. The van der Waals surface area contributed by atoms with E-state index in [1.54, 1.807) is 12.1 Å². The first-order chi connectivity index (χ1) is 7.77. The maximum absolute atomic E-state index is 11.9. The van der Waals surface area contributed by atoms with Gasteiger partial charge in [-0.05, 0) is 0 Å². The van der Waals surface area contributed by atoms with Crippen molar-refractivity contribution in [3.63, 3.8) is 0 Å². The minimum absolute atomic E-state index is 0.0821. The summed E-state index contributed by atoms with van der Waals surface area (Å²) >= 11 is 6.04. The van der Waals surface area contributed by atoms with Crippen LogP contribution in [0.4, 0.5) is 0 Å². The molecule has 86 valence electrons. The third-order valence-corrected chi connectivity index (χ3v) is 2.81. The first-order valence-corrected chi connectivity index (χ1v) is 5.67. The molecule has 1 aliphatic rings. The Morgan fingerprint density at radius 2 is 1.94 bits per heavy atom. The van der Waals surface area contributed by atoms with Crippen molar-refractivity contribution in [3.8, 4) is 0 Å². The van der Waals surface area contributed by atoms with Gasteiger partial charge in [-0.3, -0.25) is 4.79 Å². The summed E-state index contributed by atoms with van der Waals surface area (Å²) in [5.41, 5.74) is 0.625. The molecule has 16 heavy (non-hydrogen) atoms. The number of carbonyl (C=O) groups excluding carboxylic acids is 1. The number of rotatable bonds is 4. The highest BCUT2D eigenvalue weighted by Gasteiger charge is 2.25. The minimum atomic E-state index is -0.592. The molecule has 1 aliphatic heterocycles. The largest absolute Gasteiger partial charge is 0.350 e. The molecule has 1 atom stereocenters. The average molecular weight is 241 g/mol. The smallest absolute Gasteiger partial charge is 0.180 e. The van der Waals surface area contributed by atoms with Gasteiger partial charge in [0, 0.05) is 12.0 Å². The van der Waals surface area contributed by atoms with E-state index in [0.717, 1.165) is 0 Å². The van der Waals surface area contributed by atoms with Gasteiger partial charge >= 0.3 is 0 Å². The molecule has 1 fully saturated rings. The Bertz CT molecular complexity index is 347. The van der Waals surface area contributed by atoms with Crippen LogP contribution in [0.1, 0.15) is 16.8 Å². The third kappa shape index (κ3) is 2.82. The van der Waals surface area contributed by atoms with Crippen LogP contribution in [0.2, 0.25) is 0 Å². The van der Waals surface area contributed by atoms with E-state index in [1.807, 2.05) is 18.2 Å². The van der Waals surface area contributed by atoms with Gasteiger partial charge < -0.3 is 9.47 Å². The Kier molecular flexibility index (Phi) is 3.93. The second kappa shape index (κ2) is 5.43. The molecule has 0 aromatic heterocycles. The summed E-state index contributed by atoms with van der Waals surface area (Å²) in [6.45, 7) is 1.15. The van der Waals surface area contributed by atoms with Crippen molar-refractivity contribution in [3.05, 3.63) is 35.9 Å². The van der Waals surface area contributed by atoms with E-state index in [4.69, 9.17) is 21.1 Å². The fraction of sp³-hybridized carbons (Fsp3) is 0.417. The van der Waals surface area contributed by atoms with Crippen LogP contribution in [-0.4, -0.2) is 30.7 Å². The molecule has 0 saturated carbocycles. The Hall–Kier alpha value is -0.900. The van der Waals surface area contributed by atoms with Gasteiger partial charge in [-0.2, -0.15) is 0 Å². The second-order valence-corrected chi connectivity index (χ2v) is 4.13. The lowest BCUT2D eigenvalue weighted by molar-refractivity contribution is -0.0457. The number of halogens is 1. The van der Waals surface area contributed by atoms with Crippen LogP contribution < -0.4 is 0 Å². The van der Waals surface area contributed by atoms with E-state index >= 15 is 0 Å². The third-order valence-electron chi connectivity index (χ3n) is 2.43. The van der Waals surface area contributed by atoms with Crippen LogP contribution in [0.5, 0.6) is 0 Å². The molecule has 1 heterocycles. The van der Waals surface area contributed by atoms with Gasteiger partial charge in [-0.25, -0.2) is 0 Å². The van der Waals surface area contributed by atoms with Gasteiger partial charge in [0.25, 0.3) is 0 Å². The van der Waals surface area contributed by atoms with Gasteiger partial charge in [0.1, 0.15) is 5.38 Å². The predicted molar refractivity (Wildman–Crippen MR) is 60.7 cm³/mol. The maximum Gasteiger partial charge on any atom is 0.180 e. The Labute approximate surface area is 99.3 Å². The van der Waals surface area contributed by atoms with E-state index in [9.17, 15) is 4.79 Å². The molecule has 1 unspecified atom stereocenters. The maximum atomic E-state index is 11.9. The number of Topliss-reactive ketones (excluding diaryl/α,β-unsaturated/α-hetero) is 1. The molecule has 1 saturated heterocycles. The predicted octanol–water partition coefficient (Wildman–Crippen LogP) is 2.24. The van der Waals surface area contributed by atoms with Crippen molar-refractivity contribution in [2.45, 2.75) is 18.1 Å². The monoisotopic (exact) mass is 240 g/mol. The highest BCUT2D eigenvalue weighted by Crippen LogP contribution is 2.18. The number of carbonyl (C=O) groups is 1. The standard InChI is InChI=1S/C12H13ClO3/c13-10(8-11-15-6-7-16-11)12(14)9-4-2-1-3-5-9/h1-5,10-11H,6-8H2. The minimum Gasteiger partial charge on any atom is -0.350 e. The summed E-state index contributed by atoms with van der Waals surface area (Å²) in [5.74, 6) is -0.0821. The van der Waals surface area contributed by atoms with Crippen molar-refractivity contribution < 1.29 is 14.3 Å². The summed E-state index contributed by atoms with van der Waals surface area (Å²) in [5, 5.41) is -0.592. The van der Waals surface area contributed by atoms with Crippen LogP contribution in [0.3, 0.4) is 0 Å². The normalized spacial score (nSPS) is 18.6. The summed E-state index contributed by atoms with van der Waals surface area (Å²) in [6.07, 6.45) is 0.0603. The fourth-order valence-electron chi connectivity index (χ4n) is 1.60. The lowest BCUT2D eigenvalue weighted by Crippen LogP contribution is -2.22. The number of alkyl halides is 1. The van der Waals surface area contributed by atoms with Gasteiger partial charge in [0.15, 0.2) is 12.1 Å². The average Bonchev–Trinajstić information content (AvgIpc) is 2.82. The van der Waals surface area contributed by atoms with Crippen molar-refractivity contribution in [2.75, 3.05) is 13.2 Å². The molecule has 0 aliphatic carbocycles. The summed E-state index contributed by atoms with van der Waals surface area (Å²) in [7, 11) is 0. The molecule has 1 aromatic carbocycles. The molecule has 0 radical (unpaired) electrons. The molecule has 1 aromatic rings. The summed E-state index contributed by atoms with van der Waals surface area (Å²) in [4.78, 5) is 11.9. The van der Waals surface area contributed by atoms with E-state index in [2.05, 4.69) is 0 Å². The Balaban J connectivity index is 1.94. The van der Waals surface area contributed by atoms with E-state index in [-0.39, 0.29) is 12.1 Å². The molecule has 0 bridgehead atoms. The highest BCUT2D eigenvalue weighted by atomic mass is 35.5. The first-order valence-electron chi connectivity index (χ1n) is 5.24. The topological polar surface area (TPSA) is 35.5 Å².